The molecule has 3 aromatic carbocycles. The van der Waals surface area contributed by atoms with Crippen molar-refractivity contribution in [2.45, 2.75) is 13.0 Å². The molecule has 0 aliphatic heterocycles. The molecule has 0 saturated heterocycles. The molecule has 1 unspecified atom stereocenters. The van der Waals surface area contributed by atoms with Gasteiger partial charge in [0.05, 0.1) is 30.0 Å². The van der Waals surface area contributed by atoms with Gasteiger partial charge >= 0.3 is 0 Å². The Balaban J connectivity index is 1.63. The van der Waals surface area contributed by atoms with Crippen LogP contribution in [0.15, 0.2) is 66.7 Å². The van der Waals surface area contributed by atoms with Gasteiger partial charge in [-0.1, -0.05) is 12.1 Å². The van der Waals surface area contributed by atoms with Gasteiger partial charge in [0.1, 0.15) is 17.9 Å². The van der Waals surface area contributed by atoms with E-state index in [0.29, 0.717) is 34.1 Å². The van der Waals surface area contributed by atoms with Crippen LogP contribution in [0.25, 0.3) is 0 Å². The van der Waals surface area contributed by atoms with Gasteiger partial charge < -0.3 is 20.1 Å². The molecule has 0 aromatic heterocycles. The Morgan fingerprint density at radius 3 is 2.39 bits per heavy atom. The van der Waals surface area contributed by atoms with Gasteiger partial charge in [-0.3, -0.25) is 4.79 Å². The van der Waals surface area contributed by atoms with Gasteiger partial charge in [0, 0.05) is 11.8 Å². The van der Waals surface area contributed by atoms with E-state index in [4.69, 9.17) is 20.0 Å². The minimum Gasteiger partial charge on any atom is -0.493 e. The molecule has 0 saturated carbocycles. The van der Waals surface area contributed by atoms with Crippen molar-refractivity contribution < 1.29 is 14.3 Å². The summed E-state index contributed by atoms with van der Waals surface area (Å²) in [5.74, 6) is 1.27. The Hall–Kier alpha value is -4.49. The molecule has 1 amide bonds. The van der Waals surface area contributed by atoms with Gasteiger partial charge in [-0.2, -0.15) is 10.5 Å². The number of hydrogen-bond acceptors (Lipinski definition) is 6. The van der Waals surface area contributed by atoms with E-state index in [9.17, 15) is 4.79 Å². The topological polar surface area (TPSA) is 107 Å². The maximum Gasteiger partial charge on any atom is 0.246 e. The van der Waals surface area contributed by atoms with Crippen molar-refractivity contribution in [3.63, 3.8) is 0 Å². The molecule has 3 rings (SSSR count). The van der Waals surface area contributed by atoms with Crippen LogP contribution in [-0.4, -0.2) is 19.1 Å². The van der Waals surface area contributed by atoms with Crippen LogP contribution < -0.4 is 20.1 Å². The lowest BCUT2D eigenvalue weighted by molar-refractivity contribution is -0.116. The molecule has 0 spiro atoms. The van der Waals surface area contributed by atoms with Crippen molar-refractivity contribution >= 4 is 17.3 Å². The number of anilines is 2. The van der Waals surface area contributed by atoms with E-state index in [1.54, 1.807) is 73.7 Å². The number of benzene rings is 3. The second-order valence-corrected chi connectivity index (χ2v) is 6.62. The van der Waals surface area contributed by atoms with Crippen molar-refractivity contribution in [3.05, 3.63) is 77.9 Å². The SMILES string of the molecule is COc1cc(C#N)ccc1Oc1ccc(NC(C)C(=O)Nc2ccccc2C#N)cc1. The summed E-state index contributed by atoms with van der Waals surface area (Å²) >= 11 is 0. The molecule has 0 fully saturated rings. The number of hydrogen-bond donors (Lipinski definition) is 2. The highest BCUT2D eigenvalue weighted by Crippen LogP contribution is 2.32. The third kappa shape index (κ3) is 5.31. The average Bonchev–Trinajstić information content (AvgIpc) is 2.80. The summed E-state index contributed by atoms with van der Waals surface area (Å²) in [7, 11) is 1.51. The zero-order chi connectivity index (χ0) is 22.2. The minimum atomic E-state index is -0.530. The first-order valence-corrected chi connectivity index (χ1v) is 9.46. The highest BCUT2D eigenvalue weighted by Gasteiger charge is 2.14. The number of para-hydroxylation sites is 1. The molecule has 31 heavy (non-hydrogen) atoms. The van der Waals surface area contributed by atoms with Crippen molar-refractivity contribution in [3.8, 4) is 29.4 Å². The molecule has 0 bridgehead atoms. The van der Waals surface area contributed by atoms with E-state index in [1.165, 1.54) is 7.11 Å². The van der Waals surface area contributed by atoms with E-state index < -0.39 is 6.04 Å². The number of ether oxygens (including phenoxy) is 2. The van der Waals surface area contributed by atoms with Gasteiger partial charge in [-0.15, -0.1) is 0 Å². The van der Waals surface area contributed by atoms with Gasteiger partial charge in [0.15, 0.2) is 11.5 Å². The van der Waals surface area contributed by atoms with Crippen molar-refractivity contribution in [2.75, 3.05) is 17.7 Å². The first kappa shape index (κ1) is 21.2. The maximum absolute atomic E-state index is 12.5. The summed E-state index contributed by atoms with van der Waals surface area (Å²) in [6.45, 7) is 1.73. The zero-order valence-corrected chi connectivity index (χ0v) is 17.0. The lowest BCUT2D eigenvalue weighted by Crippen LogP contribution is -2.32. The van der Waals surface area contributed by atoms with E-state index in [0.717, 1.165) is 5.69 Å². The standard InChI is InChI=1S/C24H20N4O3/c1-16(24(29)28-21-6-4-3-5-18(21)15-26)27-19-8-10-20(11-9-19)31-22-12-7-17(14-25)13-23(22)30-2/h3-13,16,27H,1-2H3,(H,28,29). The number of carbonyl (C=O) groups is 1. The van der Waals surface area contributed by atoms with Gasteiger partial charge in [0.2, 0.25) is 5.91 Å². The van der Waals surface area contributed by atoms with Gasteiger partial charge in [-0.25, -0.2) is 0 Å². The predicted octanol–water partition coefficient (Wildman–Crippen LogP) is 4.67. The monoisotopic (exact) mass is 412 g/mol. The highest BCUT2D eigenvalue weighted by molar-refractivity contribution is 5.97. The molecular formula is C24H20N4O3. The Kier molecular flexibility index (Phi) is 6.72. The second kappa shape index (κ2) is 9.82. The molecule has 7 nitrogen and oxygen atoms in total. The Morgan fingerprint density at radius 2 is 1.71 bits per heavy atom. The lowest BCUT2D eigenvalue weighted by Gasteiger charge is -2.16. The Bertz CT molecular complexity index is 1160. The molecule has 0 heterocycles. The fraction of sp³-hybridized carbons (Fsp3) is 0.125. The summed E-state index contributed by atoms with van der Waals surface area (Å²) in [5, 5.41) is 24.0. The van der Waals surface area contributed by atoms with Crippen molar-refractivity contribution in [2.24, 2.45) is 0 Å². The molecule has 0 aliphatic carbocycles. The zero-order valence-electron chi connectivity index (χ0n) is 17.0. The van der Waals surface area contributed by atoms with E-state index >= 15 is 0 Å². The number of nitriles is 2. The first-order valence-electron chi connectivity index (χ1n) is 9.46. The highest BCUT2D eigenvalue weighted by atomic mass is 16.5. The molecule has 0 aliphatic rings. The number of methoxy groups -OCH3 is 1. The molecule has 7 heteroatoms. The van der Waals surface area contributed by atoms with Crippen LogP contribution in [0.2, 0.25) is 0 Å². The summed E-state index contributed by atoms with van der Waals surface area (Å²) in [4.78, 5) is 12.5. The van der Waals surface area contributed by atoms with Crippen LogP contribution in [0.1, 0.15) is 18.1 Å². The number of nitrogens with zero attached hydrogens (tertiary/aromatic N) is 2. The fourth-order valence-corrected chi connectivity index (χ4v) is 2.81. The van der Waals surface area contributed by atoms with E-state index in [1.807, 2.05) is 0 Å². The van der Waals surface area contributed by atoms with E-state index in [-0.39, 0.29) is 5.91 Å². The molecular weight excluding hydrogens is 392 g/mol. The summed E-state index contributed by atoms with van der Waals surface area (Å²) in [5.41, 5.74) is 2.09. The largest absolute Gasteiger partial charge is 0.493 e. The smallest absolute Gasteiger partial charge is 0.246 e. The van der Waals surface area contributed by atoms with Crippen LogP contribution in [0.5, 0.6) is 17.2 Å². The third-order valence-electron chi connectivity index (χ3n) is 4.46. The Morgan fingerprint density at radius 1 is 0.968 bits per heavy atom. The first-order chi connectivity index (χ1) is 15.0. The summed E-state index contributed by atoms with van der Waals surface area (Å²) in [6, 6.07) is 22.5. The molecule has 3 aromatic rings. The fourth-order valence-electron chi connectivity index (χ4n) is 2.81. The van der Waals surface area contributed by atoms with Crippen molar-refractivity contribution in [1.29, 1.82) is 10.5 Å². The number of carbonyl (C=O) groups excluding carboxylic acids is 1. The number of amides is 1. The number of nitrogens with one attached hydrogen (secondary N) is 2. The maximum atomic E-state index is 12.5. The normalized spacial score (nSPS) is 10.8. The second-order valence-electron chi connectivity index (χ2n) is 6.62. The molecule has 154 valence electrons. The van der Waals surface area contributed by atoms with Crippen LogP contribution in [0.3, 0.4) is 0 Å². The van der Waals surface area contributed by atoms with Crippen LogP contribution in [-0.2, 0) is 4.79 Å². The van der Waals surface area contributed by atoms with Gasteiger partial charge in [-0.05, 0) is 55.5 Å². The Labute approximate surface area is 180 Å². The van der Waals surface area contributed by atoms with E-state index in [2.05, 4.69) is 22.8 Å². The lowest BCUT2D eigenvalue weighted by atomic mass is 10.2. The summed E-state index contributed by atoms with van der Waals surface area (Å²) in [6.07, 6.45) is 0. The van der Waals surface area contributed by atoms with Crippen LogP contribution in [0.4, 0.5) is 11.4 Å². The van der Waals surface area contributed by atoms with Crippen molar-refractivity contribution in [1.82, 2.24) is 0 Å². The van der Waals surface area contributed by atoms with Crippen LogP contribution in [0, 0.1) is 22.7 Å². The minimum absolute atomic E-state index is 0.259. The van der Waals surface area contributed by atoms with Crippen LogP contribution >= 0.6 is 0 Å². The molecule has 0 radical (unpaired) electrons. The van der Waals surface area contributed by atoms with Gasteiger partial charge in [0.25, 0.3) is 0 Å². The predicted molar refractivity (Wildman–Crippen MR) is 117 cm³/mol. The molecule has 1 atom stereocenters. The summed E-state index contributed by atoms with van der Waals surface area (Å²) < 4.78 is 11.1. The quantitative estimate of drug-likeness (QED) is 0.584. The number of rotatable bonds is 7. The molecule has 2 N–H and O–H groups in total. The third-order valence-corrected chi connectivity index (χ3v) is 4.46. The average molecular weight is 412 g/mol.